The van der Waals surface area contributed by atoms with Crippen LogP contribution in [-0.2, 0) is 17.3 Å². The van der Waals surface area contributed by atoms with Crippen LogP contribution in [0.2, 0.25) is 0 Å². The Hall–Kier alpha value is -1.93. The number of thioether (sulfide) groups is 1. The van der Waals surface area contributed by atoms with Gasteiger partial charge in [-0.3, -0.25) is 4.79 Å². The number of amides is 1. The molecule has 3 aromatic rings. The average molecular weight is 417 g/mol. The number of benzene rings is 2. The normalized spacial score (nSPS) is 11.9. The van der Waals surface area contributed by atoms with Crippen molar-refractivity contribution in [3.8, 4) is 0 Å². The van der Waals surface area contributed by atoms with Crippen molar-refractivity contribution in [2.45, 2.75) is 20.5 Å². The van der Waals surface area contributed by atoms with Gasteiger partial charge in [0.25, 0.3) is 5.91 Å². The van der Waals surface area contributed by atoms with Crippen LogP contribution in [0.4, 0.5) is 0 Å². The summed E-state index contributed by atoms with van der Waals surface area (Å²) in [7, 11) is -1.17. The van der Waals surface area contributed by atoms with Crippen LogP contribution in [-0.4, -0.2) is 22.4 Å². The Morgan fingerprint density at radius 1 is 1.04 bits per heavy atom. The van der Waals surface area contributed by atoms with Crippen molar-refractivity contribution in [3.63, 3.8) is 0 Å². The Morgan fingerprint density at radius 2 is 1.78 bits per heavy atom. The van der Waals surface area contributed by atoms with Crippen molar-refractivity contribution >= 4 is 39.8 Å². The molecule has 3 rings (SSSR count). The van der Waals surface area contributed by atoms with Gasteiger partial charge in [0.1, 0.15) is 0 Å². The third-order valence-electron chi connectivity index (χ3n) is 3.75. The molecule has 0 aliphatic rings. The molecule has 1 aromatic heterocycles. The van der Waals surface area contributed by atoms with Gasteiger partial charge in [-0.05, 0) is 48.5 Å². The number of carbonyl (C=O) groups excluding carboxylic acids is 1. The van der Waals surface area contributed by atoms with E-state index in [1.807, 2.05) is 54.6 Å². The molecule has 1 unspecified atom stereocenters. The van der Waals surface area contributed by atoms with E-state index >= 15 is 0 Å². The first kappa shape index (κ1) is 19.8. The average Bonchev–Trinajstić information content (AvgIpc) is 3.21. The molecule has 0 fully saturated rings. The molecule has 1 heterocycles. The maximum Gasteiger partial charge on any atom is 0.251 e. The van der Waals surface area contributed by atoms with Crippen LogP contribution in [0.3, 0.4) is 0 Å². The Morgan fingerprint density at radius 3 is 2.44 bits per heavy atom. The Kier molecular flexibility index (Phi) is 7.23. The molecule has 4 nitrogen and oxygen atoms in total. The molecule has 7 heteroatoms. The van der Waals surface area contributed by atoms with Gasteiger partial charge in [0.05, 0.1) is 15.0 Å². The largest absolute Gasteiger partial charge is 0.351 e. The molecule has 3 N–H and O–H groups in total. The van der Waals surface area contributed by atoms with E-state index in [-0.39, 0.29) is 5.91 Å². The summed E-state index contributed by atoms with van der Waals surface area (Å²) in [6.45, 7) is 1.06. The molecule has 0 spiro atoms. The Bertz CT molecular complexity index is 908. The Labute approximate surface area is 169 Å². The summed E-state index contributed by atoms with van der Waals surface area (Å²) in [6, 6.07) is 20.7. The zero-order valence-corrected chi connectivity index (χ0v) is 17.0. The minimum absolute atomic E-state index is 0.0604. The number of hydrogen-bond acceptors (Lipinski definition) is 5. The van der Waals surface area contributed by atoms with E-state index in [1.54, 1.807) is 23.9 Å². The summed E-state index contributed by atoms with van der Waals surface area (Å²) in [5.41, 5.74) is 6.28. The summed E-state index contributed by atoms with van der Waals surface area (Å²) in [5, 5.41) is 2.91. The number of nitrogens with two attached hydrogens (primary N) is 1. The molecule has 0 radical (unpaired) electrons. The highest BCUT2D eigenvalue weighted by atomic mass is 32.2. The minimum Gasteiger partial charge on any atom is -0.351 e. The monoisotopic (exact) mass is 416 g/mol. The molecule has 0 saturated heterocycles. The second kappa shape index (κ2) is 9.85. The topological polar surface area (TPSA) is 72.2 Å². The lowest BCUT2D eigenvalue weighted by atomic mass is 10.2. The fourth-order valence-corrected chi connectivity index (χ4v) is 5.47. The van der Waals surface area contributed by atoms with Crippen LogP contribution in [0.25, 0.3) is 0 Å². The maximum atomic E-state index is 12.6. The van der Waals surface area contributed by atoms with Crippen molar-refractivity contribution in [2.75, 3.05) is 12.3 Å². The van der Waals surface area contributed by atoms with Gasteiger partial charge >= 0.3 is 0 Å². The lowest BCUT2D eigenvalue weighted by Gasteiger charge is -2.06. The first-order chi connectivity index (χ1) is 13.2. The van der Waals surface area contributed by atoms with E-state index in [0.29, 0.717) is 18.7 Å². The van der Waals surface area contributed by atoms with Crippen molar-refractivity contribution in [1.29, 1.82) is 0 Å². The molecule has 2 aromatic carbocycles. The predicted molar refractivity (Wildman–Crippen MR) is 113 cm³/mol. The van der Waals surface area contributed by atoms with E-state index in [2.05, 4.69) is 5.32 Å². The molecule has 0 aliphatic heterocycles. The van der Waals surface area contributed by atoms with Gasteiger partial charge in [-0.1, -0.05) is 18.2 Å². The van der Waals surface area contributed by atoms with Crippen molar-refractivity contribution in [3.05, 3.63) is 77.2 Å². The van der Waals surface area contributed by atoms with E-state index in [1.165, 1.54) is 11.3 Å². The quantitative estimate of drug-likeness (QED) is 0.432. The zero-order valence-electron chi connectivity index (χ0n) is 14.6. The molecule has 0 bridgehead atoms. The minimum atomic E-state index is -1.17. The fourth-order valence-electron chi connectivity index (χ4n) is 2.37. The number of rotatable bonds is 8. The number of thiophene rings is 1. The first-order valence-electron chi connectivity index (χ1n) is 8.44. The summed E-state index contributed by atoms with van der Waals surface area (Å²) in [4.78, 5) is 14.9. The van der Waals surface area contributed by atoms with E-state index in [9.17, 15) is 9.00 Å². The standard InChI is InChI=1S/C20H20N2O2S3/c21-14-17-8-11-19(26-17)27(24)18-9-6-16(7-10-18)25-13-12-22-20(23)15-4-2-1-3-5-15/h1-11H,12-14,21H2,(H,22,23). The van der Waals surface area contributed by atoms with Gasteiger partial charge in [-0.15, -0.1) is 23.1 Å². The first-order valence-corrected chi connectivity index (χ1v) is 11.4. The molecule has 1 amide bonds. The zero-order chi connectivity index (χ0) is 19.1. The second-order valence-electron chi connectivity index (χ2n) is 5.64. The highest BCUT2D eigenvalue weighted by Gasteiger charge is 2.10. The van der Waals surface area contributed by atoms with Gasteiger partial charge in [0.2, 0.25) is 0 Å². The highest BCUT2D eigenvalue weighted by molar-refractivity contribution is 7.99. The van der Waals surface area contributed by atoms with Crippen LogP contribution in [0.15, 0.2) is 80.7 Å². The molecule has 140 valence electrons. The van der Waals surface area contributed by atoms with Gasteiger partial charge < -0.3 is 11.1 Å². The van der Waals surface area contributed by atoms with E-state index in [4.69, 9.17) is 5.73 Å². The molecular weight excluding hydrogens is 396 g/mol. The number of hydrogen-bond donors (Lipinski definition) is 2. The van der Waals surface area contributed by atoms with E-state index in [0.717, 1.165) is 24.6 Å². The number of nitrogens with one attached hydrogen (secondary N) is 1. The van der Waals surface area contributed by atoms with E-state index < -0.39 is 10.8 Å². The summed E-state index contributed by atoms with van der Waals surface area (Å²) in [5.74, 6) is 0.709. The lowest BCUT2D eigenvalue weighted by Crippen LogP contribution is -2.25. The molecule has 0 saturated carbocycles. The van der Waals surface area contributed by atoms with Crippen molar-refractivity contribution in [1.82, 2.24) is 5.32 Å². The van der Waals surface area contributed by atoms with Crippen LogP contribution in [0, 0.1) is 0 Å². The van der Waals surface area contributed by atoms with Crippen LogP contribution in [0.5, 0.6) is 0 Å². The lowest BCUT2D eigenvalue weighted by molar-refractivity contribution is 0.0956. The second-order valence-corrected chi connectivity index (χ2v) is 9.68. The van der Waals surface area contributed by atoms with Crippen LogP contribution < -0.4 is 11.1 Å². The molecule has 1 atom stereocenters. The fraction of sp³-hybridized carbons (Fsp3) is 0.150. The molecular formula is C20H20N2O2S3. The SMILES string of the molecule is NCc1ccc(S(=O)c2ccc(SCCNC(=O)c3ccccc3)cc2)s1. The van der Waals surface area contributed by atoms with Crippen LogP contribution in [0.1, 0.15) is 15.2 Å². The van der Waals surface area contributed by atoms with Crippen LogP contribution >= 0.6 is 23.1 Å². The third kappa shape index (κ3) is 5.52. The predicted octanol–water partition coefficient (Wildman–Crippen LogP) is 3.90. The highest BCUT2D eigenvalue weighted by Crippen LogP contribution is 2.26. The maximum absolute atomic E-state index is 12.6. The van der Waals surface area contributed by atoms with Gasteiger partial charge in [0.15, 0.2) is 0 Å². The summed E-state index contributed by atoms with van der Waals surface area (Å²) >= 11 is 3.14. The molecule has 0 aliphatic carbocycles. The third-order valence-corrected chi connectivity index (χ3v) is 7.57. The van der Waals surface area contributed by atoms with Gasteiger partial charge in [-0.2, -0.15) is 0 Å². The van der Waals surface area contributed by atoms with Crippen molar-refractivity contribution < 1.29 is 9.00 Å². The van der Waals surface area contributed by atoms with Gasteiger partial charge in [0, 0.05) is 39.1 Å². The summed E-state index contributed by atoms with van der Waals surface area (Å²) < 4.78 is 13.4. The summed E-state index contributed by atoms with van der Waals surface area (Å²) in [6.07, 6.45) is 0. The Balaban J connectivity index is 1.48. The smallest absolute Gasteiger partial charge is 0.251 e. The number of carbonyl (C=O) groups is 1. The molecule has 27 heavy (non-hydrogen) atoms. The van der Waals surface area contributed by atoms with Gasteiger partial charge in [-0.25, -0.2) is 4.21 Å². The van der Waals surface area contributed by atoms with Crippen molar-refractivity contribution in [2.24, 2.45) is 5.73 Å².